The van der Waals surface area contributed by atoms with Crippen LogP contribution in [0.2, 0.25) is 5.02 Å². The molecule has 0 saturated heterocycles. The lowest BCUT2D eigenvalue weighted by Gasteiger charge is -2.16. The molecule has 0 aliphatic rings. The molecule has 3 aromatic rings. The monoisotopic (exact) mass is 508 g/mol. The molecule has 0 atom stereocenters. The molecule has 170 valence electrons. The van der Waals surface area contributed by atoms with E-state index in [1.807, 2.05) is 4.72 Å². The molecule has 2 N–H and O–H groups in total. The Labute approximate surface area is 185 Å². The Hall–Kier alpha value is -2.83. The zero-order chi connectivity index (χ0) is 23.7. The summed E-state index contributed by atoms with van der Waals surface area (Å²) in [7, 11) is -8.95. The van der Waals surface area contributed by atoms with Gasteiger partial charge in [-0.05, 0) is 42.5 Å². The quantitative estimate of drug-likeness (QED) is 0.453. The summed E-state index contributed by atoms with van der Waals surface area (Å²) in [6.45, 7) is 0. The standard InChI is InChI=1S/C19H13ClF4N2O4S2/c20-15-6-1-2-7-18(15)32(29,30)25-16-9-8-13(21)11-17(16)26-31(27,28)14-5-3-4-12(10-14)19(22,23)24/h1-11,25-26H. The van der Waals surface area contributed by atoms with Crippen LogP contribution in [-0.2, 0) is 26.2 Å². The normalized spacial score (nSPS) is 12.4. The molecule has 0 aliphatic heterocycles. The minimum atomic E-state index is -4.79. The summed E-state index contributed by atoms with van der Waals surface area (Å²) in [4.78, 5) is -1.07. The minimum Gasteiger partial charge on any atom is -0.277 e. The van der Waals surface area contributed by atoms with Crippen LogP contribution in [0.1, 0.15) is 5.56 Å². The van der Waals surface area contributed by atoms with Crippen molar-refractivity contribution < 1.29 is 34.4 Å². The Bertz CT molecular complexity index is 1380. The number of benzene rings is 3. The molecule has 0 fully saturated rings. The summed E-state index contributed by atoms with van der Waals surface area (Å²) in [5.74, 6) is -0.924. The SMILES string of the molecule is O=S(=O)(Nc1cc(F)ccc1NS(=O)(=O)c1ccccc1Cl)c1cccc(C(F)(F)F)c1. The average Bonchev–Trinajstić information content (AvgIpc) is 2.69. The third-order valence-electron chi connectivity index (χ3n) is 4.07. The molecule has 0 unspecified atom stereocenters. The molecule has 0 amide bonds. The van der Waals surface area contributed by atoms with Gasteiger partial charge in [0.15, 0.2) is 0 Å². The smallest absolute Gasteiger partial charge is 0.277 e. The summed E-state index contributed by atoms with van der Waals surface area (Å²) in [5, 5.41) is -0.117. The molecule has 0 aliphatic carbocycles. The first-order chi connectivity index (χ1) is 14.8. The molecular formula is C19H13ClF4N2O4S2. The first-order valence-electron chi connectivity index (χ1n) is 8.56. The fraction of sp³-hybridized carbons (Fsp3) is 0.0526. The van der Waals surface area contributed by atoms with Gasteiger partial charge in [-0.1, -0.05) is 29.8 Å². The number of alkyl halides is 3. The lowest BCUT2D eigenvalue weighted by molar-refractivity contribution is -0.137. The van der Waals surface area contributed by atoms with Crippen LogP contribution in [0.4, 0.5) is 28.9 Å². The van der Waals surface area contributed by atoms with Crippen LogP contribution in [0.25, 0.3) is 0 Å². The summed E-state index contributed by atoms with van der Waals surface area (Å²) in [6.07, 6.45) is -4.79. The van der Waals surface area contributed by atoms with E-state index >= 15 is 0 Å². The lowest BCUT2D eigenvalue weighted by Crippen LogP contribution is -2.18. The zero-order valence-electron chi connectivity index (χ0n) is 15.7. The van der Waals surface area contributed by atoms with E-state index in [2.05, 4.69) is 4.72 Å². The second kappa shape index (κ2) is 8.60. The highest BCUT2D eigenvalue weighted by atomic mass is 35.5. The van der Waals surface area contributed by atoms with Gasteiger partial charge >= 0.3 is 6.18 Å². The highest BCUT2D eigenvalue weighted by Crippen LogP contribution is 2.33. The van der Waals surface area contributed by atoms with E-state index < -0.39 is 48.2 Å². The minimum absolute atomic E-state index is 0.117. The Balaban J connectivity index is 2.00. The van der Waals surface area contributed by atoms with Crippen LogP contribution < -0.4 is 9.44 Å². The van der Waals surface area contributed by atoms with E-state index in [1.165, 1.54) is 24.3 Å². The first kappa shape index (κ1) is 23.8. The van der Waals surface area contributed by atoms with E-state index in [-0.39, 0.29) is 15.6 Å². The van der Waals surface area contributed by atoms with Crippen molar-refractivity contribution in [1.29, 1.82) is 0 Å². The van der Waals surface area contributed by atoms with Gasteiger partial charge in [0.1, 0.15) is 10.7 Å². The zero-order valence-corrected chi connectivity index (χ0v) is 18.1. The van der Waals surface area contributed by atoms with Crippen LogP contribution in [0.15, 0.2) is 76.5 Å². The topological polar surface area (TPSA) is 92.3 Å². The number of anilines is 2. The van der Waals surface area contributed by atoms with Gasteiger partial charge in [0.2, 0.25) is 0 Å². The molecule has 0 radical (unpaired) electrons. The van der Waals surface area contributed by atoms with Crippen LogP contribution in [-0.4, -0.2) is 16.8 Å². The summed E-state index contributed by atoms with van der Waals surface area (Å²) in [6, 6.07) is 10.8. The molecular weight excluding hydrogens is 496 g/mol. The van der Waals surface area contributed by atoms with E-state index in [1.54, 1.807) is 0 Å². The summed E-state index contributed by atoms with van der Waals surface area (Å²) < 4.78 is 107. The number of halogens is 5. The Morgan fingerprint density at radius 2 is 1.41 bits per heavy atom. The van der Waals surface area contributed by atoms with E-state index in [9.17, 15) is 34.4 Å². The van der Waals surface area contributed by atoms with Crippen molar-refractivity contribution in [1.82, 2.24) is 0 Å². The third-order valence-corrected chi connectivity index (χ3v) is 7.30. The van der Waals surface area contributed by atoms with Crippen LogP contribution in [0.3, 0.4) is 0 Å². The predicted octanol–water partition coefficient (Wildman–Crippen LogP) is 5.10. The van der Waals surface area contributed by atoms with Gasteiger partial charge < -0.3 is 0 Å². The van der Waals surface area contributed by atoms with Gasteiger partial charge in [-0.25, -0.2) is 21.2 Å². The summed E-state index contributed by atoms with van der Waals surface area (Å²) in [5.41, 5.74) is -2.13. The maximum Gasteiger partial charge on any atom is 0.416 e. The Kier molecular flexibility index (Phi) is 6.40. The maximum atomic E-state index is 13.8. The molecule has 13 heteroatoms. The molecule has 3 rings (SSSR count). The molecule has 3 aromatic carbocycles. The number of hydrogen-bond donors (Lipinski definition) is 2. The highest BCUT2D eigenvalue weighted by Gasteiger charge is 2.32. The maximum absolute atomic E-state index is 13.8. The second-order valence-electron chi connectivity index (χ2n) is 6.36. The molecule has 0 spiro atoms. The number of hydrogen-bond acceptors (Lipinski definition) is 4. The Morgan fingerprint density at radius 3 is 2.06 bits per heavy atom. The van der Waals surface area contributed by atoms with E-state index in [4.69, 9.17) is 11.6 Å². The van der Waals surface area contributed by atoms with E-state index in [0.717, 1.165) is 24.3 Å². The van der Waals surface area contributed by atoms with Crippen molar-refractivity contribution >= 4 is 43.0 Å². The molecule has 0 saturated carbocycles. The van der Waals surface area contributed by atoms with Crippen molar-refractivity contribution in [2.24, 2.45) is 0 Å². The van der Waals surface area contributed by atoms with Crippen molar-refractivity contribution in [2.45, 2.75) is 16.0 Å². The Morgan fingerprint density at radius 1 is 0.750 bits per heavy atom. The summed E-state index contributed by atoms with van der Waals surface area (Å²) >= 11 is 5.90. The number of sulfonamides is 2. The van der Waals surface area contributed by atoms with Crippen LogP contribution in [0.5, 0.6) is 0 Å². The third kappa shape index (κ3) is 5.31. The predicted molar refractivity (Wildman–Crippen MR) is 111 cm³/mol. The average molecular weight is 509 g/mol. The van der Waals surface area contributed by atoms with Gasteiger partial charge in [0, 0.05) is 6.07 Å². The molecule has 6 nitrogen and oxygen atoms in total. The number of rotatable bonds is 6. The fourth-order valence-electron chi connectivity index (χ4n) is 2.60. The van der Waals surface area contributed by atoms with Crippen molar-refractivity contribution in [3.63, 3.8) is 0 Å². The van der Waals surface area contributed by atoms with Gasteiger partial charge in [-0.2, -0.15) is 13.2 Å². The van der Waals surface area contributed by atoms with Crippen molar-refractivity contribution in [3.8, 4) is 0 Å². The molecule has 0 aromatic heterocycles. The van der Waals surface area contributed by atoms with Gasteiger partial charge in [-0.15, -0.1) is 0 Å². The van der Waals surface area contributed by atoms with Crippen molar-refractivity contribution in [3.05, 3.63) is 83.1 Å². The van der Waals surface area contributed by atoms with Gasteiger partial charge in [0.25, 0.3) is 20.0 Å². The second-order valence-corrected chi connectivity index (χ2v) is 10.1. The largest absolute Gasteiger partial charge is 0.416 e. The fourth-order valence-corrected chi connectivity index (χ4v) is 5.31. The molecule has 32 heavy (non-hydrogen) atoms. The molecule has 0 heterocycles. The van der Waals surface area contributed by atoms with Gasteiger partial charge in [-0.3, -0.25) is 9.44 Å². The highest BCUT2D eigenvalue weighted by molar-refractivity contribution is 7.93. The van der Waals surface area contributed by atoms with Gasteiger partial charge in [0.05, 0.1) is 26.9 Å². The molecule has 0 bridgehead atoms. The number of nitrogens with one attached hydrogen (secondary N) is 2. The lowest BCUT2D eigenvalue weighted by atomic mass is 10.2. The van der Waals surface area contributed by atoms with Crippen molar-refractivity contribution in [2.75, 3.05) is 9.44 Å². The van der Waals surface area contributed by atoms with Crippen LogP contribution >= 0.6 is 11.6 Å². The van der Waals surface area contributed by atoms with Crippen LogP contribution in [0, 0.1) is 5.82 Å². The van der Waals surface area contributed by atoms with E-state index in [0.29, 0.717) is 18.2 Å². The first-order valence-corrected chi connectivity index (χ1v) is 11.9.